The summed E-state index contributed by atoms with van der Waals surface area (Å²) in [6, 6.07) is 11.1. The molecule has 1 spiro atoms. The van der Waals surface area contributed by atoms with Crippen molar-refractivity contribution >= 4 is 33.1 Å². The monoisotopic (exact) mass is 718 g/mol. The van der Waals surface area contributed by atoms with E-state index in [1.54, 1.807) is 12.1 Å². The van der Waals surface area contributed by atoms with E-state index in [-0.39, 0.29) is 34.0 Å². The first-order valence-electron chi connectivity index (χ1n) is 18.1. The first kappa shape index (κ1) is 39.5. The first-order valence-corrected chi connectivity index (χ1v) is 20.2. The van der Waals surface area contributed by atoms with Crippen LogP contribution in [0.1, 0.15) is 135 Å². The Morgan fingerprint density at radius 3 is 2.14 bits per heavy atom. The molecule has 0 bridgehead atoms. The molecule has 4 aliphatic carbocycles. The van der Waals surface area contributed by atoms with Crippen LogP contribution in [0.2, 0.25) is 0 Å². The van der Waals surface area contributed by atoms with Crippen molar-refractivity contribution in [2.24, 2.45) is 5.73 Å². The molecular formula is C39H56F2N2O4S2. The van der Waals surface area contributed by atoms with Crippen molar-refractivity contribution in [1.29, 1.82) is 0 Å². The van der Waals surface area contributed by atoms with E-state index in [2.05, 4.69) is 16.5 Å². The Bertz CT molecular complexity index is 1450. The van der Waals surface area contributed by atoms with Gasteiger partial charge in [0.2, 0.25) is 5.91 Å². The molecule has 4 saturated carbocycles. The Morgan fingerprint density at radius 1 is 1.08 bits per heavy atom. The molecule has 4 N–H and O–H groups in total. The highest BCUT2D eigenvalue weighted by Gasteiger charge is 2.43. The van der Waals surface area contributed by atoms with Gasteiger partial charge in [0, 0.05) is 38.6 Å². The Hall–Kier alpha value is -2.27. The van der Waals surface area contributed by atoms with E-state index in [9.17, 15) is 18.4 Å². The van der Waals surface area contributed by atoms with Crippen molar-refractivity contribution in [1.82, 2.24) is 5.32 Å². The molecular weight excluding hydrogens is 663 g/mol. The number of hydrogen-bond acceptors (Lipinski definition) is 5. The number of primary amides is 1. The van der Waals surface area contributed by atoms with E-state index >= 15 is 0 Å². The van der Waals surface area contributed by atoms with Gasteiger partial charge < -0.3 is 25.1 Å². The fourth-order valence-electron chi connectivity index (χ4n) is 6.67. The van der Waals surface area contributed by atoms with Crippen LogP contribution in [0.4, 0.5) is 8.78 Å². The Kier molecular flexibility index (Phi) is 13.9. The summed E-state index contributed by atoms with van der Waals surface area (Å²) in [5, 5.41) is 3.24. The van der Waals surface area contributed by atoms with E-state index < -0.39 is 21.3 Å². The number of nitrogens with one attached hydrogen (secondary N) is 1. The first-order chi connectivity index (χ1) is 23.2. The molecule has 0 radical (unpaired) electrons. The Balaban J connectivity index is 0.000000217. The third kappa shape index (κ3) is 10.2. The number of halogens is 2. The van der Waals surface area contributed by atoms with E-state index in [0.717, 1.165) is 85.7 Å². The standard InChI is InChI=1S/C25H30FNO2.C7H12FN.C4H8OS2.C3H6O/c1-25(2,24(27)28)17-13-14-22(29-18-9-3-4-10-18)20(15-17)19-11-6-12-21(26)23(19)16-7-5-8-16;8-6-4-7(9-5-6)2-1-3-7;1-4(2-3-4)7(5)6;1-2-3-4/h6,11-16,18H,3-5,7-10H2,1-2H3,(H2,27,28);6,9H,1-5H2;2-3H2,1H3,(H,5,6);3H,2H2,1H3. The fraction of sp³-hybridized carbons (Fsp3) is 0.641. The molecule has 49 heavy (non-hydrogen) atoms. The maximum absolute atomic E-state index is 14.9. The summed E-state index contributed by atoms with van der Waals surface area (Å²) in [6.45, 7) is 8.09. The minimum Gasteiger partial charge on any atom is -0.490 e. The number of amides is 1. The van der Waals surface area contributed by atoms with Gasteiger partial charge in [-0.1, -0.05) is 31.5 Å². The van der Waals surface area contributed by atoms with Gasteiger partial charge in [-0.05, 0) is 150 Å². The summed E-state index contributed by atoms with van der Waals surface area (Å²) >= 11 is 4.66. The second-order valence-electron chi connectivity index (χ2n) is 15.1. The molecule has 1 aliphatic heterocycles. The van der Waals surface area contributed by atoms with Gasteiger partial charge in [0.25, 0.3) is 0 Å². The van der Waals surface area contributed by atoms with Crippen molar-refractivity contribution < 1.29 is 27.7 Å². The summed E-state index contributed by atoms with van der Waals surface area (Å²) in [7, 11) is -0.738. The van der Waals surface area contributed by atoms with Gasteiger partial charge in [0.05, 0.1) is 11.5 Å². The van der Waals surface area contributed by atoms with Crippen LogP contribution >= 0.6 is 0 Å². The van der Waals surface area contributed by atoms with Crippen LogP contribution in [0.3, 0.4) is 0 Å². The van der Waals surface area contributed by atoms with Crippen molar-refractivity contribution in [2.45, 2.75) is 151 Å². The maximum Gasteiger partial charge on any atom is 0.227 e. The molecule has 0 aromatic heterocycles. The number of aldehydes is 1. The lowest BCUT2D eigenvalue weighted by Gasteiger charge is -2.38. The summed E-state index contributed by atoms with van der Waals surface area (Å²) in [6.07, 6.45) is 15.5. The average molecular weight is 719 g/mol. The van der Waals surface area contributed by atoms with Crippen LogP contribution in [0.15, 0.2) is 36.4 Å². The van der Waals surface area contributed by atoms with E-state index in [0.29, 0.717) is 13.0 Å². The van der Waals surface area contributed by atoms with Gasteiger partial charge in [-0.3, -0.25) is 4.79 Å². The predicted molar refractivity (Wildman–Crippen MR) is 199 cm³/mol. The highest BCUT2D eigenvalue weighted by molar-refractivity contribution is 8.26. The van der Waals surface area contributed by atoms with Gasteiger partial charge >= 0.3 is 0 Å². The van der Waals surface area contributed by atoms with Crippen LogP contribution in [0, 0.1) is 5.82 Å². The van der Waals surface area contributed by atoms with Crippen LogP contribution in [0.25, 0.3) is 11.1 Å². The molecule has 10 heteroatoms. The SMILES string of the molecule is CC(C)(C(N)=O)c1ccc(OC2CCCC2)c(-c2cccc(F)c2C2CCC2)c1.CC1(S(O)=S)CC1.CCC=O.FC1CNC2(CCC2)C1. The summed E-state index contributed by atoms with van der Waals surface area (Å²) in [5.41, 5.74) is 8.46. The second kappa shape index (κ2) is 17.3. The molecule has 5 aliphatic rings. The normalized spacial score (nSPS) is 22.5. The predicted octanol–water partition coefficient (Wildman–Crippen LogP) is 8.77. The van der Waals surface area contributed by atoms with Crippen LogP contribution in [0.5, 0.6) is 5.75 Å². The number of alkyl halides is 1. The lowest BCUT2D eigenvalue weighted by molar-refractivity contribution is -0.122. The summed E-state index contributed by atoms with van der Waals surface area (Å²) in [5.74, 6) is 0.482. The zero-order valence-electron chi connectivity index (χ0n) is 29.7. The molecule has 7 rings (SSSR count). The Labute approximate surface area is 299 Å². The quantitative estimate of drug-likeness (QED) is 0.236. The number of carbonyl (C=O) groups is 2. The topological polar surface area (TPSA) is 102 Å². The zero-order chi connectivity index (χ0) is 35.8. The van der Waals surface area contributed by atoms with E-state index in [1.165, 1.54) is 32.1 Å². The number of hydrogen-bond donors (Lipinski definition) is 3. The minimum absolute atomic E-state index is 0.148. The zero-order valence-corrected chi connectivity index (χ0v) is 31.3. The van der Waals surface area contributed by atoms with Gasteiger partial charge in [-0.2, -0.15) is 0 Å². The fourth-order valence-corrected chi connectivity index (χ4v) is 7.63. The van der Waals surface area contributed by atoms with E-state index in [4.69, 9.17) is 15.0 Å². The van der Waals surface area contributed by atoms with Crippen molar-refractivity contribution in [2.75, 3.05) is 6.54 Å². The highest BCUT2D eigenvalue weighted by Crippen LogP contribution is 2.46. The van der Waals surface area contributed by atoms with Crippen molar-refractivity contribution in [3.63, 3.8) is 0 Å². The molecule has 2 aromatic carbocycles. The van der Waals surface area contributed by atoms with Crippen LogP contribution < -0.4 is 15.8 Å². The number of ether oxygens (including phenoxy) is 1. The van der Waals surface area contributed by atoms with Crippen LogP contribution in [-0.4, -0.2) is 45.9 Å². The average Bonchev–Trinajstić information content (AvgIpc) is 3.38. The third-order valence-corrected chi connectivity index (χ3v) is 13.4. The van der Waals surface area contributed by atoms with E-state index in [1.807, 2.05) is 52.0 Å². The minimum atomic E-state index is -0.815. The van der Waals surface area contributed by atoms with Gasteiger partial charge in [0.15, 0.2) is 0 Å². The number of nitrogens with two attached hydrogens (primary N) is 1. The number of carbonyl (C=O) groups excluding carboxylic acids is 2. The largest absolute Gasteiger partial charge is 0.490 e. The molecule has 6 nitrogen and oxygen atoms in total. The molecule has 1 amide bonds. The van der Waals surface area contributed by atoms with Gasteiger partial charge in [-0.15, -0.1) is 0 Å². The van der Waals surface area contributed by atoms with Crippen molar-refractivity contribution in [3.8, 4) is 16.9 Å². The lowest BCUT2D eigenvalue weighted by atomic mass is 9.76. The van der Waals surface area contributed by atoms with Crippen molar-refractivity contribution in [3.05, 3.63) is 53.3 Å². The summed E-state index contributed by atoms with van der Waals surface area (Å²) in [4.78, 5) is 21.2. The summed E-state index contributed by atoms with van der Waals surface area (Å²) < 4.78 is 42.8. The Morgan fingerprint density at radius 2 is 1.73 bits per heavy atom. The second-order valence-corrected chi connectivity index (χ2v) is 17.6. The van der Waals surface area contributed by atoms with Gasteiger partial charge in [0.1, 0.15) is 24.0 Å². The molecule has 5 fully saturated rings. The number of benzene rings is 2. The highest BCUT2D eigenvalue weighted by atomic mass is 32.8. The molecule has 272 valence electrons. The molecule has 2 atom stereocenters. The van der Waals surface area contributed by atoms with Crippen LogP contribution in [-0.2, 0) is 35.9 Å². The smallest absolute Gasteiger partial charge is 0.227 e. The molecule has 2 unspecified atom stereocenters. The lowest BCUT2D eigenvalue weighted by Crippen LogP contribution is -2.45. The third-order valence-electron chi connectivity index (χ3n) is 10.9. The molecule has 2 aromatic rings. The molecule has 1 saturated heterocycles. The van der Waals surface area contributed by atoms with Gasteiger partial charge in [-0.25, -0.2) is 8.78 Å². The molecule has 1 heterocycles. The maximum atomic E-state index is 14.9. The number of rotatable bonds is 8.